The second-order valence-corrected chi connectivity index (χ2v) is 6.25. The maximum Gasteiger partial charge on any atom is 0.223 e. The van der Waals surface area contributed by atoms with E-state index in [1.807, 2.05) is 30.3 Å². The maximum atomic E-state index is 11.8. The smallest absolute Gasteiger partial charge is 0.223 e. The summed E-state index contributed by atoms with van der Waals surface area (Å²) in [7, 11) is 0. The molecule has 1 heterocycles. The normalized spacial score (nSPS) is 18.9. The van der Waals surface area contributed by atoms with Crippen molar-refractivity contribution in [2.75, 3.05) is 6.54 Å². The number of H-pyrrole nitrogens is 1. The molecule has 2 amide bonds. The van der Waals surface area contributed by atoms with Gasteiger partial charge in [-0.25, -0.2) is 4.98 Å². The summed E-state index contributed by atoms with van der Waals surface area (Å²) in [5, 5.41) is 5.61. The third-order valence-electron chi connectivity index (χ3n) is 4.26. The van der Waals surface area contributed by atoms with E-state index in [4.69, 9.17) is 0 Å². The van der Waals surface area contributed by atoms with Crippen molar-refractivity contribution in [1.82, 2.24) is 20.6 Å². The Morgan fingerprint density at radius 1 is 1.25 bits per heavy atom. The van der Waals surface area contributed by atoms with Crippen LogP contribution in [0.5, 0.6) is 0 Å². The van der Waals surface area contributed by atoms with Crippen molar-refractivity contribution in [3.05, 3.63) is 42.4 Å². The zero-order chi connectivity index (χ0) is 16.9. The molecule has 1 saturated carbocycles. The summed E-state index contributed by atoms with van der Waals surface area (Å²) in [6.45, 7) is 2.78. The Balaban J connectivity index is 1.38. The largest absolute Gasteiger partial charge is 0.355 e. The lowest BCUT2D eigenvalue weighted by molar-refractivity contribution is -0.123. The van der Waals surface area contributed by atoms with Crippen LogP contribution in [0.4, 0.5) is 0 Å². The fourth-order valence-corrected chi connectivity index (χ4v) is 2.61. The summed E-state index contributed by atoms with van der Waals surface area (Å²) in [6.07, 6.45) is 2.99. The average Bonchev–Trinajstić information content (AvgIpc) is 3.14. The highest BCUT2D eigenvalue weighted by Crippen LogP contribution is 2.37. The molecule has 1 aromatic heterocycles. The molecule has 3 N–H and O–H groups in total. The Morgan fingerprint density at radius 3 is 2.71 bits per heavy atom. The number of rotatable bonds is 7. The molecule has 0 saturated heterocycles. The quantitative estimate of drug-likeness (QED) is 0.726. The van der Waals surface area contributed by atoms with Gasteiger partial charge in [-0.2, -0.15) is 0 Å². The fourth-order valence-electron chi connectivity index (χ4n) is 2.61. The number of nitrogens with zero attached hydrogens (tertiary/aromatic N) is 1. The molecule has 2 atom stereocenters. The number of carbonyl (C=O) groups excluding carboxylic acids is 2. The van der Waals surface area contributed by atoms with E-state index in [-0.39, 0.29) is 24.2 Å². The van der Waals surface area contributed by atoms with Crippen LogP contribution < -0.4 is 10.6 Å². The van der Waals surface area contributed by atoms with Gasteiger partial charge in [-0.05, 0) is 17.9 Å². The average molecular weight is 326 g/mol. The molecule has 3 rings (SSSR count). The SMILES string of the molecule is C[C@H]1C[C@@H]1C(=O)NCCC(=O)NCc1ncc(-c2ccccc2)[nH]1. The molecule has 0 spiro atoms. The van der Waals surface area contributed by atoms with Gasteiger partial charge < -0.3 is 15.6 Å². The van der Waals surface area contributed by atoms with Gasteiger partial charge in [0.25, 0.3) is 0 Å². The third kappa shape index (κ3) is 4.22. The van der Waals surface area contributed by atoms with Crippen molar-refractivity contribution in [3.63, 3.8) is 0 Å². The van der Waals surface area contributed by atoms with Gasteiger partial charge in [0.15, 0.2) is 0 Å². The van der Waals surface area contributed by atoms with Crippen LogP contribution >= 0.6 is 0 Å². The van der Waals surface area contributed by atoms with Crippen LogP contribution in [0.25, 0.3) is 11.3 Å². The highest BCUT2D eigenvalue weighted by Gasteiger charge is 2.38. The fraction of sp³-hybridized carbons (Fsp3) is 0.389. The first kappa shape index (κ1) is 16.2. The minimum Gasteiger partial charge on any atom is -0.355 e. The van der Waals surface area contributed by atoms with Gasteiger partial charge in [0.05, 0.1) is 18.4 Å². The van der Waals surface area contributed by atoms with E-state index in [9.17, 15) is 9.59 Å². The molecule has 0 unspecified atom stereocenters. The zero-order valence-electron chi connectivity index (χ0n) is 13.7. The van der Waals surface area contributed by atoms with Crippen molar-refractivity contribution < 1.29 is 9.59 Å². The second-order valence-electron chi connectivity index (χ2n) is 6.25. The molecule has 0 bridgehead atoms. The molecule has 0 radical (unpaired) electrons. The third-order valence-corrected chi connectivity index (χ3v) is 4.26. The van der Waals surface area contributed by atoms with Crippen molar-refractivity contribution in [1.29, 1.82) is 0 Å². The first-order chi connectivity index (χ1) is 11.6. The molecule has 1 aromatic carbocycles. The molecule has 6 heteroatoms. The van der Waals surface area contributed by atoms with E-state index in [1.54, 1.807) is 6.20 Å². The standard InChI is InChI=1S/C18H22N4O2/c1-12-9-14(12)18(24)19-8-7-17(23)21-11-16-20-10-15(22-16)13-5-3-2-4-6-13/h2-6,10,12,14H,7-9,11H2,1H3,(H,19,24)(H,20,22)(H,21,23)/t12-,14-/m0/s1. The molecule has 0 aliphatic heterocycles. The summed E-state index contributed by atoms with van der Waals surface area (Å²) >= 11 is 0. The second kappa shape index (κ2) is 7.29. The molecule has 24 heavy (non-hydrogen) atoms. The van der Waals surface area contributed by atoms with Crippen LogP contribution in [0.15, 0.2) is 36.5 Å². The summed E-state index contributed by atoms with van der Waals surface area (Å²) < 4.78 is 0. The number of hydrogen-bond donors (Lipinski definition) is 3. The monoisotopic (exact) mass is 326 g/mol. The van der Waals surface area contributed by atoms with Gasteiger partial charge in [0, 0.05) is 18.9 Å². The number of hydrogen-bond acceptors (Lipinski definition) is 3. The molecule has 6 nitrogen and oxygen atoms in total. The molecule has 126 valence electrons. The number of benzene rings is 1. The van der Waals surface area contributed by atoms with Gasteiger partial charge in [-0.1, -0.05) is 37.3 Å². The van der Waals surface area contributed by atoms with E-state index in [2.05, 4.69) is 27.5 Å². The van der Waals surface area contributed by atoms with Gasteiger partial charge in [-0.15, -0.1) is 0 Å². The molecular weight excluding hydrogens is 304 g/mol. The summed E-state index contributed by atoms with van der Waals surface area (Å²) in [5.41, 5.74) is 1.98. The lowest BCUT2D eigenvalue weighted by Gasteiger charge is -2.05. The first-order valence-corrected chi connectivity index (χ1v) is 8.27. The lowest BCUT2D eigenvalue weighted by Crippen LogP contribution is -2.31. The predicted octanol–water partition coefficient (Wildman–Crippen LogP) is 1.86. The topological polar surface area (TPSA) is 86.9 Å². The van der Waals surface area contributed by atoms with Crippen LogP contribution in [-0.4, -0.2) is 28.3 Å². The summed E-state index contributed by atoms with van der Waals surface area (Å²) in [4.78, 5) is 30.9. The molecule has 1 aliphatic carbocycles. The van der Waals surface area contributed by atoms with Crippen molar-refractivity contribution in [2.45, 2.75) is 26.3 Å². The van der Waals surface area contributed by atoms with Gasteiger partial charge in [0.2, 0.25) is 11.8 Å². The summed E-state index contributed by atoms with van der Waals surface area (Å²) in [6, 6.07) is 9.89. The molecule has 1 fully saturated rings. The highest BCUT2D eigenvalue weighted by molar-refractivity contribution is 5.82. The minimum atomic E-state index is -0.100. The van der Waals surface area contributed by atoms with E-state index in [0.29, 0.717) is 24.8 Å². The Kier molecular flexibility index (Phi) is 4.93. The Labute approximate surface area is 141 Å². The van der Waals surface area contributed by atoms with E-state index in [0.717, 1.165) is 17.7 Å². The van der Waals surface area contributed by atoms with Gasteiger partial charge >= 0.3 is 0 Å². The minimum absolute atomic E-state index is 0.0637. The predicted molar refractivity (Wildman–Crippen MR) is 90.8 cm³/mol. The summed E-state index contributed by atoms with van der Waals surface area (Å²) in [5.74, 6) is 1.30. The number of nitrogens with one attached hydrogen (secondary N) is 3. The first-order valence-electron chi connectivity index (χ1n) is 8.27. The van der Waals surface area contributed by atoms with Crippen LogP contribution in [0, 0.1) is 11.8 Å². The number of imidazole rings is 1. The number of carbonyl (C=O) groups is 2. The van der Waals surface area contributed by atoms with Crippen molar-refractivity contribution in [3.8, 4) is 11.3 Å². The van der Waals surface area contributed by atoms with E-state index < -0.39 is 0 Å². The Hall–Kier alpha value is -2.63. The number of aromatic nitrogens is 2. The molecular formula is C18H22N4O2. The van der Waals surface area contributed by atoms with Crippen LogP contribution in [-0.2, 0) is 16.1 Å². The number of aromatic amines is 1. The highest BCUT2D eigenvalue weighted by atomic mass is 16.2. The molecule has 2 aromatic rings. The zero-order valence-corrected chi connectivity index (χ0v) is 13.7. The van der Waals surface area contributed by atoms with Crippen LogP contribution in [0.3, 0.4) is 0 Å². The lowest BCUT2D eigenvalue weighted by atomic mass is 10.2. The maximum absolute atomic E-state index is 11.8. The van der Waals surface area contributed by atoms with E-state index >= 15 is 0 Å². The van der Waals surface area contributed by atoms with Gasteiger partial charge in [0.1, 0.15) is 5.82 Å². The Bertz CT molecular complexity index is 711. The van der Waals surface area contributed by atoms with Crippen molar-refractivity contribution in [2.24, 2.45) is 11.8 Å². The van der Waals surface area contributed by atoms with Crippen LogP contribution in [0.1, 0.15) is 25.6 Å². The Morgan fingerprint density at radius 2 is 2.00 bits per heavy atom. The number of amides is 2. The molecule has 1 aliphatic rings. The van der Waals surface area contributed by atoms with Crippen LogP contribution in [0.2, 0.25) is 0 Å². The van der Waals surface area contributed by atoms with Gasteiger partial charge in [-0.3, -0.25) is 9.59 Å². The van der Waals surface area contributed by atoms with Crippen molar-refractivity contribution >= 4 is 11.8 Å². The van der Waals surface area contributed by atoms with E-state index in [1.165, 1.54) is 0 Å².